The number of nitrogens with zero attached hydrogens (tertiary/aromatic N) is 3. The van der Waals surface area contributed by atoms with Crippen LogP contribution in [0, 0.1) is 20.2 Å². The van der Waals surface area contributed by atoms with Gasteiger partial charge in [0.2, 0.25) is 0 Å². The highest BCUT2D eigenvalue weighted by Gasteiger charge is 2.33. The number of halogens is 2. The van der Waals surface area contributed by atoms with Crippen LogP contribution in [-0.4, -0.2) is 27.6 Å². The van der Waals surface area contributed by atoms with E-state index >= 15 is 0 Å². The van der Waals surface area contributed by atoms with Gasteiger partial charge in [-0.25, -0.2) is 4.79 Å². The molecule has 0 fully saturated rings. The summed E-state index contributed by atoms with van der Waals surface area (Å²) in [6.45, 7) is -0.117. The summed E-state index contributed by atoms with van der Waals surface area (Å²) >= 11 is 11.9. The van der Waals surface area contributed by atoms with Crippen LogP contribution < -0.4 is 0 Å². The lowest BCUT2D eigenvalue weighted by Crippen LogP contribution is -2.17. The van der Waals surface area contributed by atoms with Crippen LogP contribution >= 0.6 is 23.2 Å². The second kappa shape index (κ2) is 9.02. The van der Waals surface area contributed by atoms with Crippen LogP contribution in [0.4, 0.5) is 11.4 Å². The van der Waals surface area contributed by atoms with E-state index in [-0.39, 0.29) is 34.3 Å². The molecule has 9 nitrogen and oxygen atoms in total. The standard InChI is InChI=1S/C19H13Cl2N3O6/c20-17-16(30-19(25)18(17)21)9-14(11-4-2-1-3-5-11)22-10-12-6-7-13(23(26)27)8-15(12)24(28)29/h1-8,16H,9-10H2/b22-14-. The number of hydrogen-bond donors (Lipinski definition) is 0. The molecule has 1 aliphatic rings. The number of cyclic esters (lactones) is 1. The molecule has 0 radical (unpaired) electrons. The third-order valence-corrected chi connectivity index (χ3v) is 5.21. The number of hydrogen-bond acceptors (Lipinski definition) is 7. The van der Waals surface area contributed by atoms with Gasteiger partial charge in [-0.15, -0.1) is 0 Å². The zero-order chi connectivity index (χ0) is 21.8. The van der Waals surface area contributed by atoms with E-state index in [1.165, 1.54) is 12.1 Å². The molecule has 3 rings (SSSR count). The molecule has 11 heteroatoms. The summed E-state index contributed by atoms with van der Waals surface area (Å²) in [7, 11) is 0. The van der Waals surface area contributed by atoms with Gasteiger partial charge in [0, 0.05) is 18.2 Å². The van der Waals surface area contributed by atoms with E-state index in [2.05, 4.69) is 4.99 Å². The summed E-state index contributed by atoms with van der Waals surface area (Å²) < 4.78 is 5.15. The van der Waals surface area contributed by atoms with E-state index in [9.17, 15) is 25.0 Å². The van der Waals surface area contributed by atoms with Crippen molar-refractivity contribution in [3.8, 4) is 0 Å². The van der Waals surface area contributed by atoms with Crippen molar-refractivity contribution in [1.29, 1.82) is 0 Å². The minimum Gasteiger partial charge on any atom is -0.452 e. The van der Waals surface area contributed by atoms with Gasteiger partial charge in [-0.05, 0) is 11.6 Å². The van der Waals surface area contributed by atoms with Crippen molar-refractivity contribution in [2.24, 2.45) is 4.99 Å². The summed E-state index contributed by atoms with van der Waals surface area (Å²) in [6.07, 6.45) is -0.719. The maximum atomic E-state index is 11.6. The minimum absolute atomic E-state index is 0.0617. The van der Waals surface area contributed by atoms with E-state index in [4.69, 9.17) is 27.9 Å². The highest BCUT2D eigenvalue weighted by molar-refractivity contribution is 6.48. The Morgan fingerprint density at radius 2 is 1.77 bits per heavy atom. The molecule has 1 aliphatic heterocycles. The Balaban J connectivity index is 1.94. The number of carbonyl (C=O) groups is 1. The predicted octanol–water partition coefficient (Wildman–Crippen LogP) is 4.50. The van der Waals surface area contributed by atoms with E-state index in [1.807, 2.05) is 6.07 Å². The summed E-state index contributed by atoms with van der Waals surface area (Å²) in [6, 6.07) is 12.3. The van der Waals surface area contributed by atoms with Gasteiger partial charge in [0.05, 0.1) is 33.1 Å². The van der Waals surface area contributed by atoms with Gasteiger partial charge in [0.15, 0.2) is 0 Å². The normalized spacial score (nSPS) is 16.5. The van der Waals surface area contributed by atoms with Gasteiger partial charge in [-0.1, -0.05) is 53.5 Å². The number of benzene rings is 2. The van der Waals surface area contributed by atoms with Crippen molar-refractivity contribution >= 4 is 46.3 Å². The molecule has 0 aromatic heterocycles. The average molecular weight is 450 g/mol. The maximum Gasteiger partial charge on any atom is 0.351 e. The molecular weight excluding hydrogens is 437 g/mol. The molecule has 1 heterocycles. The molecule has 0 N–H and O–H groups in total. The number of nitro benzene ring substituents is 2. The Hall–Kier alpha value is -3.30. The third-order valence-electron chi connectivity index (χ3n) is 4.32. The Bertz CT molecular complexity index is 1080. The smallest absolute Gasteiger partial charge is 0.351 e. The van der Waals surface area contributed by atoms with Crippen LogP contribution in [0.1, 0.15) is 17.5 Å². The van der Waals surface area contributed by atoms with Crippen molar-refractivity contribution in [1.82, 2.24) is 0 Å². The second-order valence-electron chi connectivity index (χ2n) is 6.22. The van der Waals surface area contributed by atoms with Crippen molar-refractivity contribution < 1.29 is 19.4 Å². The first-order chi connectivity index (χ1) is 14.3. The lowest BCUT2D eigenvalue weighted by molar-refractivity contribution is -0.394. The van der Waals surface area contributed by atoms with Gasteiger partial charge in [-0.2, -0.15) is 0 Å². The van der Waals surface area contributed by atoms with Gasteiger partial charge in [0.1, 0.15) is 11.1 Å². The number of ether oxygens (including phenoxy) is 1. The van der Waals surface area contributed by atoms with Crippen molar-refractivity contribution in [3.05, 3.63) is 90.0 Å². The van der Waals surface area contributed by atoms with Gasteiger partial charge in [0.25, 0.3) is 11.4 Å². The van der Waals surface area contributed by atoms with E-state index in [0.717, 1.165) is 6.07 Å². The van der Waals surface area contributed by atoms with Crippen molar-refractivity contribution in [3.63, 3.8) is 0 Å². The van der Waals surface area contributed by atoms with Gasteiger partial charge in [-0.3, -0.25) is 25.2 Å². The number of aliphatic imine (C=N–C) groups is 1. The van der Waals surface area contributed by atoms with Crippen LogP contribution in [0.5, 0.6) is 0 Å². The molecule has 0 aliphatic carbocycles. The zero-order valence-electron chi connectivity index (χ0n) is 15.2. The molecule has 2 aromatic carbocycles. The Morgan fingerprint density at radius 1 is 1.07 bits per heavy atom. The fourth-order valence-corrected chi connectivity index (χ4v) is 3.20. The second-order valence-corrected chi connectivity index (χ2v) is 7.00. The predicted molar refractivity (Wildman–Crippen MR) is 110 cm³/mol. The van der Waals surface area contributed by atoms with Gasteiger partial charge < -0.3 is 4.74 Å². The van der Waals surface area contributed by atoms with Crippen LogP contribution in [-0.2, 0) is 16.1 Å². The average Bonchev–Trinajstić information content (AvgIpc) is 2.97. The maximum absolute atomic E-state index is 11.6. The summed E-state index contributed by atoms with van der Waals surface area (Å²) in [5, 5.41) is 22.1. The van der Waals surface area contributed by atoms with Crippen molar-refractivity contribution in [2.45, 2.75) is 19.1 Å². The fourth-order valence-electron chi connectivity index (χ4n) is 2.83. The van der Waals surface area contributed by atoms with E-state index in [0.29, 0.717) is 11.3 Å². The third kappa shape index (κ3) is 4.64. The van der Waals surface area contributed by atoms with Gasteiger partial charge >= 0.3 is 5.97 Å². The molecule has 154 valence electrons. The number of nitro groups is 2. The number of non-ortho nitro benzene ring substituents is 1. The summed E-state index contributed by atoms with van der Waals surface area (Å²) in [4.78, 5) is 36.9. The molecule has 2 aromatic rings. The summed E-state index contributed by atoms with van der Waals surface area (Å²) in [5.41, 5.74) is 0.578. The first kappa shape index (κ1) is 21.4. The molecule has 30 heavy (non-hydrogen) atoms. The number of esters is 1. The first-order valence-corrected chi connectivity index (χ1v) is 9.30. The largest absolute Gasteiger partial charge is 0.452 e. The number of rotatable bonds is 7. The van der Waals surface area contributed by atoms with Crippen LogP contribution in [0.3, 0.4) is 0 Å². The molecule has 0 bridgehead atoms. The zero-order valence-corrected chi connectivity index (χ0v) is 16.7. The Kier molecular flexibility index (Phi) is 6.43. The van der Waals surface area contributed by atoms with Crippen LogP contribution in [0.25, 0.3) is 0 Å². The molecule has 0 saturated carbocycles. The Morgan fingerprint density at radius 3 is 2.33 bits per heavy atom. The van der Waals surface area contributed by atoms with E-state index in [1.54, 1.807) is 24.3 Å². The molecular formula is C19H13Cl2N3O6. The highest BCUT2D eigenvalue weighted by Crippen LogP contribution is 2.32. The molecule has 0 saturated heterocycles. The SMILES string of the molecule is O=C1OC(C/C(=N/Cc2ccc([N+](=O)[O-])cc2[N+](=O)[O-])c2ccccc2)C(Cl)=C1Cl. The quantitative estimate of drug-likeness (QED) is 0.265. The monoisotopic (exact) mass is 449 g/mol. The molecule has 0 amide bonds. The van der Waals surface area contributed by atoms with Crippen LogP contribution in [0.2, 0.25) is 0 Å². The molecule has 1 unspecified atom stereocenters. The Labute approximate surface area is 179 Å². The molecule has 0 spiro atoms. The van der Waals surface area contributed by atoms with Crippen LogP contribution in [0.15, 0.2) is 63.6 Å². The first-order valence-electron chi connectivity index (χ1n) is 8.54. The topological polar surface area (TPSA) is 125 Å². The summed E-state index contributed by atoms with van der Waals surface area (Å²) in [5.74, 6) is -0.731. The molecule has 1 atom stereocenters. The lowest BCUT2D eigenvalue weighted by Gasteiger charge is -2.13. The minimum atomic E-state index is -0.822. The fraction of sp³-hybridized carbons (Fsp3) is 0.158. The van der Waals surface area contributed by atoms with E-state index < -0.39 is 27.6 Å². The highest BCUT2D eigenvalue weighted by atomic mass is 35.5. The lowest BCUT2D eigenvalue weighted by atomic mass is 10.0. The number of carbonyl (C=O) groups excluding carboxylic acids is 1. The van der Waals surface area contributed by atoms with Crippen molar-refractivity contribution in [2.75, 3.05) is 0 Å².